The van der Waals surface area contributed by atoms with Gasteiger partial charge in [0.25, 0.3) is 5.56 Å². The lowest BCUT2D eigenvalue weighted by Gasteiger charge is -2.14. The molecule has 0 aliphatic rings. The van der Waals surface area contributed by atoms with E-state index in [-0.39, 0.29) is 11.4 Å². The normalized spacial score (nSPS) is 10.2. The van der Waals surface area contributed by atoms with Gasteiger partial charge < -0.3 is 10.1 Å². The molecule has 130 valence electrons. The average Bonchev–Trinajstić information content (AvgIpc) is 2.66. The van der Waals surface area contributed by atoms with Crippen molar-refractivity contribution in [3.63, 3.8) is 0 Å². The number of aromatic nitrogens is 3. The molecule has 0 saturated heterocycles. The monoisotopic (exact) mass is 349 g/mol. The van der Waals surface area contributed by atoms with Gasteiger partial charge in [-0.15, -0.1) is 0 Å². The zero-order chi connectivity index (χ0) is 18.7. The fourth-order valence-electron chi connectivity index (χ4n) is 2.39. The van der Waals surface area contributed by atoms with Crippen LogP contribution in [-0.4, -0.2) is 14.1 Å². The Morgan fingerprint density at radius 3 is 2.62 bits per heavy atom. The maximum Gasteiger partial charge on any atom is 0.332 e. The highest BCUT2D eigenvalue weighted by atomic mass is 16.5. The largest absolute Gasteiger partial charge is 0.439 e. The van der Waals surface area contributed by atoms with Crippen LogP contribution < -0.4 is 21.3 Å². The Hall–Kier alpha value is -3.86. The summed E-state index contributed by atoms with van der Waals surface area (Å²) in [5, 5.41) is 12.3. The quantitative estimate of drug-likeness (QED) is 0.772. The van der Waals surface area contributed by atoms with Crippen molar-refractivity contribution in [1.29, 1.82) is 5.26 Å². The summed E-state index contributed by atoms with van der Waals surface area (Å²) in [4.78, 5) is 28.4. The predicted molar refractivity (Wildman–Crippen MR) is 95.7 cm³/mol. The van der Waals surface area contributed by atoms with Crippen LogP contribution in [-0.2, 0) is 14.1 Å². The van der Waals surface area contributed by atoms with E-state index in [1.807, 2.05) is 6.07 Å². The van der Waals surface area contributed by atoms with Crippen molar-refractivity contribution in [2.45, 2.75) is 0 Å². The molecule has 8 heteroatoms. The number of rotatable bonds is 4. The van der Waals surface area contributed by atoms with Crippen molar-refractivity contribution in [3.8, 4) is 17.7 Å². The minimum Gasteiger partial charge on any atom is -0.439 e. The zero-order valence-electron chi connectivity index (χ0n) is 14.1. The van der Waals surface area contributed by atoms with Crippen molar-refractivity contribution in [1.82, 2.24) is 14.1 Å². The Morgan fingerprint density at radius 1 is 1.12 bits per heavy atom. The predicted octanol–water partition coefficient (Wildman–Crippen LogP) is 1.89. The Balaban J connectivity index is 1.98. The van der Waals surface area contributed by atoms with Crippen molar-refractivity contribution in [3.05, 3.63) is 75.1 Å². The Kier molecular flexibility index (Phi) is 4.53. The van der Waals surface area contributed by atoms with Gasteiger partial charge in [-0.05, 0) is 18.2 Å². The van der Waals surface area contributed by atoms with E-state index in [1.165, 1.54) is 18.7 Å². The van der Waals surface area contributed by atoms with Crippen molar-refractivity contribution in [2.75, 3.05) is 5.32 Å². The topological polar surface area (TPSA) is 102 Å². The fraction of sp³-hybridized carbons (Fsp3) is 0.111. The molecule has 2 heterocycles. The standard InChI is InChI=1S/C18H15N5O3/c1-22-16(14(11-19)17(24)23(2)18(22)25)21-12-6-5-7-13(10-12)26-15-8-3-4-9-20-15/h3-10,21H,1-2H3. The van der Waals surface area contributed by atoms with Crippen LogP contribution in [0.3, 0.4) is 0 Å². The van der Waals surface area contributed by atoms with E-state index in [9.17, 15) is 14.9 Å². The number of hydrogen-bond acceptors (Lipinski definition) is 6. The molecule has 1 aromatic carbocycles. The Morgan fingerprint density at radius 2 is 1.92 bits per heavy atom. The van der Waals surface area contributed by atoms with Gasteiger partial charge in [-0.25, -0.2) is 9.78 Å². The Labute approximate surface area is 148 Å². The van der Waals surface area contributed by atoms with Gasteiger partial charge in [-0.1, -0.05) is 12.1 Å². The molecule has 8 nitrogen and oxygen atoms in total. The van der Waals surface area contributed by atoms with E-state index in [4.69, 9.17) is 4.74 Å². The van der Waals surface area contributed by atoms with E-state index in [0.717, 1.165) is 4.57 Å². The minimum atomic E-state index is -0.654. The number of anilines is 2. The van der Waals surface area contributed by atoms with Crippen molar-refractivity contribution < 1.29 is 4.74 Å². The molecular formula is C18H15N5O3. The number of nitrogens with zero attached hydrogens (tertiary/aromatic N) is 4. The van der Waals surface area contributed by atoms with Gasteiger partial charge in [0.05, 0.1) is 0 Å². The second-order valence-corrected chi connectivity index (χ2v) is 5.46. The van der Waals surface area contributed by atoms with Crippen LogP contribution in [0.5, 0.6) is 11.6 Å². The summed E-state index contributed by atoms with van der Waals surface area (Å²) in [6.45, 7) is 0. The highest BCUT2D eigenvalue weighted by Crippen LogP contribution is 2.24. The number of benzene rings is 1. The third-order valence-electron chi connectivity index (χ3n) is 3.73. The second-order valence-electron chi connectivity index (χ2n) is 5.46. The van der Waals surface area contributed by atoms with Crippen LogP contribution in [0.25, 0.3) is 0 Å². The van der Waals surface area contributed by atoms with Crippen molar-refractivity contribution >= 4 is 11.5 Å². The molecule has 0 bridgehead atoms. The fourth-order valence-corrected chi connectivity index (χ4v) is 2.39. The highest BCUT2D eigenvalue weighted by Gasteiger charge is 2.15. The first kappa shape index (κ1) is 17.0. The first-order valence-electron chi connectivity index (χ1n) is 7.67. The first-order valence-corrected chi connectivity index (χ1v) is 7.67. The Bertz CT molecular complexity index is 1110. The molecule has 1 N–H and O–H groups in total. The third-order valence-corrected chi connectivity index (χ3v) is 3.73. The average molecular weight is 349 g/mol. The molecule has 0 radical (unpaired) electrons. The van der Waals surface area contributed by atoms with Crippen LogP contribution in [0.15, 0.2) is 58.3 Å². The first-order chi connectivity index (χ1) is 12.5. The van der Waals surface area contributed by atoms with Gasteiger partial charge in [0.15, 0.2) is 5.56 Å². The summed E-state index contributed by atoms with van der Waals surface area (Å²) in [5.41, 5.74) is -0.778. The van der Waals surface area contributed by atoms with E-state index in [0.29, 0.717) is 17.3 Å². The SMILES string of the molecule is Cn1c(Nc2cccc(Oc3ccccn3)c2)c(C#N)c(=O)n(C)c1=O. The smallest absolute Gasteiger partial charge is 0.332 e. The molecule has 0 atom stereocenters. The third kappa shape index (κ3) is 3.18. The van der Waals surface area contributed by atoms with Gasteiger partial charge in [0.2, 0.25) is 5.88 Å². The molecule has 0 saturated carbocycles. The number of nitrogens with one attached hydrogen (secondary N) is 1. The maximum absolute atomic E-state index is 12.1. The maximum atomic E-state index is 12.1. The molecule has 0 aliphatic heterocycles. The molecule has 0 spiro atoms. The molecule has 2 aromatic heterocycles. The molecule has 3 rings (SSSR count). The second kappa shape index (κ2) is 6.94. The summed E-state index contributed by atoms with van der Waals surface area (Å²) >= 11 is 0. The van der Waals surface area contributed by atoms with Gasteiger partial charge in [0.1, 0.15) is 17.6 Å². The molecule has 0 aliphatic carbocycles. The lowest BCUT2D eigenvalue weighted by atomic mass is 10.2. The lowest BCUT2D eigenvalue weighted by molar-refractivity contribution is 0.463. The van der Waals surface area contributed by atoms with Gasteiger partial charge in [-0.3, -0.25) is 13.9 Å². The molecule has 0 amide bonds. The highest BCUT2D eigenvalue weighted by molar-refractivity contribution is 5.63. The van der Waals surface area contributed by atoms with Crippen LogP contribution >= 0.6 is 0 Å². The molecule has 0 fully saturated rings. The van der Waals surface area contributed by atoms with Crippen LogP contribution in [0, 0.1) is 11.3 Å². The number of nitriles is 1. The van der Waals surface area contributed by atoms with Gasteiger partial charge in [-0.2, -0.15) is 5.26 Å². The van der Waals surface area contributed by atoms with E-state index in [2.05, 4.69) is 10.3 Å². The zero-order valence-corrected chi connectivity index (χ0v) is 14.1. The van der Waals surface area contributed by atoms with Crippen molar-refractivity contribution in [2.24, 2.45) is 14.1 Å². The minimum absolute atomic E-state index is 0.121. The van der Waals surface area contributed by atoms with Crippen LogP contribution in [0.4, 0.5) is 11.5 Å². The van der Waals surface area contributed by atoms with Gasteiger partial charge >= 0.3 is 5.69 Å². The molecule has 0 unspecified atom stereocenters. The summed E-state index contributed by atoms with van der Waals surface area (Å²) in [5.74, 6) is 1.07. The van der Waals surface area contributed by atoms with E-state index >= 15 is 0 Å². The summed E-state index contributed by atoms with van der Waals surface area (Å²) in [6.07, 6.45) is 1.62. The molecular weight excluding hydrogens is 334 g/mol. The van der Waals surface area contributed by atoms with E-state index in [1.54, 1.807) is 48.7 Å². The van der Waals surface area contributed by atoms with Crippen LogP contribution in [0.2, 0.25) is 0 Å². The molecule has 26 heavy (non-hydrogen) atoms. The summed E-state index contributed by atoms with van der Waals surface area (Å²) in [6, 6.07) is 14.1. The van der Waals surface area contributed by atoms with Gasteiger partial charge in [0, 0.05) is 38.1 Å². The number of pyridine rings is 1. The number of ether oxygens (including phenoxy) is 1. The van der Waals surface area contributed by atoms with E-state index < -0.39 is 11.2 Å². The number of hydrogen-bond donors (Lipinski definition) is 1. The molecule has 3 aromatic rings. The summed E-state index contributed by atoms with van der Waals surface area (Å²) in [7, 11) is 2.82. The lowest BCUT2D eigenvalue weighted by Crippen LogP contribution is -2.39. The summed E-state index contributed by atoms with van der Waals surface area (Å²) < 4.78 is 7.77. The van der Waals surface area contributed by atoms with Crippen LogP contribution in [0.1, 0.15) is 5.56 Å².